The van der Waals surface area contributed by atoms with E-state index in [9.17, 15) is 0 Å². The van der Waals surface area contributed by atoms with Gasteiger partial charge in [0.1, 0.15) is 5.82 Å². The molecule has 1 aromatic heterocycles. The van der Waals surface area contributed by atoms with Crippen LogP contribution >= 0.6 is 12.2 Å². The minimum Gasteiger partial charge on any atom is -0.358 e. The third-order valence-electron chi connectivity index (χ3n) is 4.23. The van der Waals surface area contributed by atoms with Crippen molar-refractivity contribution in [1.82, 2.24) is 19.8 Å². The zero-order valence-electron chi connectivity index (χ0n) is 12.8. The molecule has 1 N–H and O–H groups in total. The zero-order chi connectivity index (χ0) is 15.6. The van der Waals surface area contributed by atoms with Crippen molar-refractivity contribution < 1.29 is 0 Å². The Bertz CT molecular complexity index is 841. The van der Waals surface area contributed by atoms with E-state index in [1.165, 1.54) is 11.1 Å². The maximum Gasteiger partial charge on any atom is 0.169 e. The van der Waals surface area contributed by atoms with E-state index in [-0.39, 0.29) is 0 Å². The Labute approximate surface area is 140 Å². The average Bonchev–Trinajstić information content (AvgIpc) is 2.98. The summed E-state index contributed by atoms with van der Waals surface area (Å²) in [6.07, 6.45) is 0. The minimum atomic E-state index is 0.757. The fourth-order valence-corrected chi connectivity index (χ4v) is 3.25. The van der Waals surface area contributed by atoms with Crippen LogP contribution in [0.1, 0.15) is 11.4 Å². The Balaban J connectivity index is 1.46. The summed E-state index contributed by atoms with van der Waals surface area (Å²) in [6, 6.07) is 18.6. The first-order valence-corrected chi connectivity index (χ1v) is 8.23. The SMILES string of the molecule is S=C(NCc1ccccc1)N1CCn2c(nc3ccccc32)C1. The third-order valence-corrected chi connectivity index (χ3v) is 4.64. The maximum absolute atomic E-state index is 5.56. The molecule has 23 heavy (non-hydrogen) atoms. The fourth-order valence-electron chi connectivity index (χ4n) is 3.02. The summed E-state index contributed by atoms with van der Waals surface area (Å²) in [5, 5.41) is 4.15. The van der Waals surface area contributed by atoms with Gasteiger partial charge in [0.2, 0.25) is 0 Å². The summed E-state index contributed by atoms with van der Waals surface area (Å²) in [5.74, 6) is 1.08. The van der Waals surface area contributed by atoms with Crippen LogP contribution in [0.3, 0.4) is 0 Å². The normalized spacial score (nSPS) is 13.8. The molecule has 2 heterocycles. The van der Waals surface area contributed by atoms with Crippen LogP contribution < -0.4 is 5.32 Å². The van der Waals surface area contributed by atoms with E-state index in [1.54, 1.807) is 0 Å². The van der Waals surface area contributed by atoms with E-state index in [2.05, 4.69) is 45.1 Å². The van der Waals surface area contributed by atoms with E-state index < -0.39 is 0 Å². The highest BCUT2D eigenvalue weighted by atomic mass is 32.1. The first kappa shape index (κ1) is 14.2. The number of hydrogen-bond acceptors (Lipinski definition) is 2. The lowest BCUT2D eigenvalue weighted by Gasteiger charge is -2.30. The molecule has 0 aliphatic carbocycles. The van der Waals surface area contributed by atoms with Gasteiger partial charge in [-0.05, 0) is 29.9 Å². The maximum atomic E-state index is 5.56. The highest BCUT2D eigenvalue weighted by Crippen LogP contribution is 2.20. The van der Waals surface area contributed by atoms with Crippen molar-refractivity contribution in [3.63, 3.8) is 0 Å². The average molecular weight is 322 g/mol. The Hall–Kier alpha value is -2.40. The van der Waals surface area contributed by atoms with Crippen molar-refractivity contribution >= 4 is 28.4 Å². The second-order valence-electron chi connectivity index (χ2n) is 5.73. The molecule has 0 fully saturated rings. The molecule has 1 aliphatic rings. The Morgan fingerprint density at radius 1 is 1.04 bits per heavy atom. The van der Waals surface area contributed by atoms with Crippen LogP contribution in [0.5, 0.6) is 0 Å². The van der Waals surface area contributed by atoms with Gasteiger partial charge in [-0.1, -0.05) is 42.5 Å². The highest BCUT2D eigenvalue weighted by Gasteiger charge is 2.21. The molecule has 4 nitrogen and oxygen atoms in total. The summed E-state index contributed by atoms with van der Waals surface area (Å²) in [5.41, 5.74) is 3.51. The lowest BCUT2D eigenvalue weighted by molar-refractivity contribution is 0.329. The summed E-state index contributed by atoms with van der Waals surface area (Å²) < 4.78 is 2.30. The Kier molecular flexibility index (Phi) is 3.71. The van der Waals surface area contributed by atoms with Crippen molar-refractivity contribution in [2.24, 2.45) is 0 Å². The topological polar surface area (TPSA) is 33.1 Å². The van der Waals surface area contributed by atoms with Crippen molar-refractivity contribution in [3.8, 4) is 0 Å². The zero-order valence-corrected chi connectivity index (χ0v) is 13.6. The number of hydrogen-bond donors (Lipinski definition) is 1. The Morgan fingerprint density at radius 3 is 2.70 bits per heavy atom. The van der Waals surface area contributed by atoms with Gasteiger partial charge in [0, 0.05) is 19.6 Å². The van der Waals surface area contributed by atoms with Crippen LogP contribution in [0, 0.1) is 0 Å². The van der Waals surface area contributed by atoms with Gasteiger partial charge >= 0.3 is 0 Å². The van der Waals surface area contributed by atoms with Crippen molar-refractivity contribution in [3.05, 3.63) is 66.0 Å². The van der Waals surface area contributed by atoms with Gasteiger partial charge in [0.25, 0.3) is 0 Å². The third kappa shape index (κ3) is 2.80. The fraction of sp³-hybridized carbons (Fsp3) is 0.222. The molecule has 0 saturated heterocycles. The summed E-state index contributed by atoms with van der Waals surface area (Å²) in [7, 11) is 0. The molecule has 0 unspecified atom stereocenters. The molecule has 0 spiro atoms. The van der Waals surface area contributed by atoms with Crippen LogP contribution in [-0.4, -0.2) is 26.1 Å². The number of thiocarbonyl (C=S) groups is 1. The van der Waals surface area contributed by atoms with E-state index in [0.29, 0.717) is 0 Å². The van der Waals surface area contributed by atoms with Crippen LogP contribution in [-0.2, 0) is 19.6 Å². The molecule has 2 aromatic carbocycles. The van der Waals surface area contributed by atoms with E-state index in [1.807, 2.05) is 24.3 Å². The van der Waals surface area contributed by atoms with Crippen molar-refractivity contribution in [2.45, 2.75) is 19.6 Å². The molecule has 0 amide bonds. The van der Waals surface area contributed by atoms with Crippen molar-refractivity contribution in [2.75, 3.05) is 6.54 Å². The summed E-state index contributed by atoms with van der Waals surface area (Å²) in [6.45, 7) is 3.35. The number of imidazole rings is 1. The largest absolute Gasteiger partial charge is 0.358 e. The predicted octanol–water partition coefficient (Wildman–Crippen LogP) is 2.93. The first-order chi connectivity index (χ1) is 11.3. The van der Waals surface area contributed by atoms with Gasteiger partial charge in [-0.25, -0.2) is 4.98 Å². The molecule has 0 saturated carbocycles. The number of aromatic nitrogens is 2. The number of nitrogens with zero attached hydrogens (tertiary/aromatic N) is 3. The standard InChI is InChI=1S/C18H18N4S/c23-18(19-12-14-6-2-1-3-7-14)21-10-11-22-16-9-5-4-8-15(16)20-17(22)13-21/h1-9H,10-13H2,(H,19,23). The lowest BCUT2D eigenvalue weighted by atomic mass is 10.2. The summed E-state index contributed by atoms with van der Waals surface area (Å²) >= 11 is 5.56. The molecular formula is C18H18N4S. The van der Waals surface area contributed by atoms with Gasteiger partial charge < -0.3 is 14.8 Å². The van der Waals surface area contributed by atoms with E-state index >= 15 is 0 Å². The molecule has 116 valence electrons. The number of nitrogens with one attached hydrogen (secondary N) is 1. The molecule has 0 bridgehead atoms. The molecular weight excluding hydrogens is 304 g/mol. The molecule has 0 radical (unpaired) electrons. The Morgan fingerprint density at radius 2 is 1.83 bits per heavy atom. The van der Waals surface area contributed by atoms with Gasteiger partial charge in [0.15, 0.2) is 5.11 Å². The first-order valence-electron chi connectivity index (χ1n) is 7.82. The smallest absolute Gasteiger partial charge is 0.169 e. The lowest BCUT2D eigenvalue weighted by Crippen LogP contribution is -2.43. The molecule has 3 aromatic rings. The second-order valence-corrected chi connectivity index (χ2v) is 6.12. The quantitative estimate of drug-likeness (QED) is 0.736. The minimum absolute atomic E-state index is 0.757. The monoisotopic (exact) mass is 322 g/mol. The van der Waals surface area contributed by atoms with Crippen LogP contribution in [0.2, 0.25) is 0 Å². The molecule has 4 rings (SSSR count). The highest BCUT2D eigenvalue weighted by molar-refractivity contribution is 7.80. The van der Waals surface area contributed by atoms with Crippen molar-refractivity contribution in [1.29, 1.82) is 0 Å². The second kappa shape index (κ2) is 6.01. The van der Waals surface area contributed by atoms with Crippen LogP contribution in [0.15, 0.2) is 54.6 Å². The van der Waals surface area contributed by atoms with Crippen LogP contribution in [0.25, 0.3) is 11.0 Å². The van der Waals surface area contributed by atoms with E-state index in [4.69, 9.17) is 17.2 Å². The van der Waals surface area contributed by atoms with Crippen LogP contribution in [0.4, 0.5) is 0 Å². The molecule has 5 heteroatoms. The number of benzene rings is 2. The number of rotatable bonds is 2. The molecule has 1 aliphatic heterocycles. The van der Waals surface area contributed by atoms with E-state index in [0.717, 1.165) is 42.6 Å². The molecule has 0 atom stereocenters. The van der Waals surface area contributed by atoms with Gasteiger partial charge in [0.05, 0.1) is 17.6 Å². The number of para-hydroxylation sites is 2. The van der Waals surface area contributed by atoms with Gasteiger partial charge in [-0.2, -0.15) is 0 Å². The van der Waals surface area contributed by atoms with Gasteiger partial charge in [-0.3, -0.25) is 0 Å². The summed E-state index contributed by atoms with van der Waals surface area (Å²) in [4.78, 5) is 6.93. The number of fused-ring (bicyclic) bond motifs is 3. The van der Waals surface area contributed by atoms with Gasteiger partial charge in [-0.15, -0.1) is 0 Å². The predicted molar refractivity (Wildman–Crippen MR) is 96.0 cm³/mol.